The monoisotopic (exact) mass is 236 g/mol. The third-order valence-corrected chi connectivity index (χ3v) is 3.02. The highest BCUT2D eigenvalue weighted by Gasteiger charge is 2.11. The van der Waals surface area contributed by atoms with Gasteiger partial charge in [0, 0.05) is 6.42 Å². The van der Waals surface area contributed by atoms with Crippen LogP contribution in [-0.4, -0.2) is 20.2 Å². The lowest BCUT2D eigenvalue weighted by molar-refractivity contribution is -0.140. The van der Waals surface area contributed by atoms with Crippen LogP contribution in [0, 0.1) is 6.92 Å². The van der Waals surface area contributed by atoms with Gasteiger partial charge in [-0.15, -0.1) is 0 Å². The number of carbonyl (C=O) groups excluding carboxylic acids is 1. The topological polar surface area (TPSA) is 35.5 Å². The average molecular weight is 236 g/mol. The Labute approximate surface area is 103 Å². The van der Waals surface area contributed by atoms with Crippen LogP contribution < -0.4 is 4.74 Å². The molecule has 0 saturated carbocycles. The summed E-state index contributed by atoms with van der Waals surface area (Å²) in [7, 11) is 3.08. The quantitative estimate of drug-likeness (QED) is 0.737. The number of rotatable bonds is 5. The number of benzene rings is 1. The molecule has 0 aliphatic heterocycles. The highest BCUT2D eigenvalue weighted by molar-refractivity contribution is 5.69. The third kappa shape index (κ3) is 3.77. The van der Waals surface area contributed by atoms with Crippen molar-refractivity contribution in [3.05, 3.63) is 29.3 Å². The molecule has 17 heavy (non-hydrogen) atoms. The first-order chi connectivity index (χ1) is 8.08. The summed E-state index contributed by atoms with van der Waals surface area (Å²) in [5.41, 5.74) is 2.46. The smallest absolute Gasteiger partial charge is 0.305 e. The first-order valence-electron chi connectivity index (χ1n) is 5.79. The summed E-state index contributed by atoms with van der Waals surface area (Å²) in [4.78, 5) is 11.1. The van der Waals surface area contributed by atoms with Crippen LogP contribution in [0.3, 0.4) is 0 Å². The van der Waals surface area contributed by atoms with Crippen molar-refractivity contribution in [2.75, 3.05) is 14.2 Å². The van der Waals surface area contributed by atoms with Gasteiger partial charge in [0.05, 0.1) is 14.2 Å². The lowest BCUT2D eigenvalue weighted by Crippen LogP contribution is -2.04. The van der Waals surface area contributed by atoms with Crippen LogP contribution in [0.4, 0.5) is 0 Å². The zero-order chi connectivity index (χ0) is 12.8. The van der Waals surface area contributed by atoms with Crippen molar-refractivity contribution in [3.8, 4) is 5.75 Å². The fourth-order valence-electron chi connectivity index (χ4n) is 1.92. The Morgan fingerprint density at radius 2 is 2.06 bits per heavy atom. The molecule has 0 aliphatic rings. The molecule has 0 aliphatic carbocycles. The van der Waals surface area contributed by atoms with Crippen LogP contribution in [0.1, 0.15) is 36.8 Å². The van der Waals surface area contributed by atoms with E-state index in [4.69, 9.17) is 4.74 Å². The van der Waals surface area contributed by atoms with E-state index < -0.39 is 0 Å². The van der Waals surface area contributed by atoms with Crippen molar-refractivity contribution in [1.82, 2.24) is 0 Å². The van der Waals surface area contributed by atoms with Crippen LogP contribution in [0.2, 0.25) is 0 Å². The van der Waals surface area contributed by atoms with Crippen molar-refractivity contribution < 1.29 is 14.3 Å². The zero-order valence-corrected chi connectivity index (χ0v) is 10.9. The molecule has 94 valence electrons. The van der Waals surface area contributed by atoms with Crippen molar-refractivity contribution in [2.24, 2.45) is 0 Å². The van der Waals surface area contributed by atoms with Gasteiger partial charge in [0.2, 0.25) is 0 Å². The van der Waals surface area contributed by atoms with Crippen LogP contribution in [0.5, 0.6) is 5.75 Å². The summed E-state index contributed by atoms with van der Waals surface area (Å²) >= 11 is 0. The molecule has 0 saturated heterocycles. The van der Waals surface area contributed by atoms with Crippen molar-refractivity contribution in [3.63, 3.8) is 0 Å². The van der Waals surface area contributed by atoms with E-state index in [1.165, 1.54) is 18.2 Å². The minimum Gasteiger partial charge on any atom is -0.497 e. The van der Waals surface area contributed by atoms with Crippen LogP contribution in [-0.2, 0) is 9.53 Å². The lowest BCUT2D eigenvalue weighted by Gasteiger charge is -2.15. The maximum absolute atomic E-state index is 11.1. The molecule has 3 nitrogen and oxygen atoms in total. The normalized spacial score (nSPS) is 12.0. The molecule has 0 radical (unpaired) electrons. The number of ether oxygens (including phenoxy) is 2. The molecule has 0 heterocycles. The van der Waals surface area contributed by atoms with Crippen molar-refractivity contribution in [1.29, 1.82) is 0 Å². The molecule has 1 aromatic rings. The first-order valence-corrected chi connectivity index (χ1v) is 5.79. The SMILES string of the molecule is COC(=O)CC[C@H](C)c1ccc(OC)cc1C. The molecule has 1 atom stereocenters. The summed E-state index contributed by atoms with van der Waals surface area (Å²) in [6, 6.07) is 6.04. The van der Waals surface area contributed by atoms with E-state index in [-0.39, 0.29) is 5.97 Å². The number of aryl methyl sites for hydroxylation is 1. The molecule has 0 aromatic heterocycles. The van der Waals surface area contributed by atoms with E-state index in [1.54, 1.807) is 7.11 Å². The van der Waals surface area contributed by atoms with E-state index in [9.17, 15) is 4.79 Å². The maximum Gasteiger partial charge on any atom is 0.305 e. The lowest BCUT2D eigenvalue weighted by atomic mass is 9.92. The summed E-state index contributed by atoms with van der Waals surface area (Å²) in [6.07, 6.45) is 1.27. The number of hydrogen-bond donors (Lipinski definition) is 0. The van der Waals surface area contributed by atoms with E-state index in [2.05, 4.69) is 24.7 Å². The van der Waals surface area contributed by atoms with Gasteiger partial charge >= 0.3 is 5.97 Å². The Bertz CT molecular complexity index is 385. The highest BCUT2D eigenvalue weighted by atomic mass is 16.5. The highest BCUT2D eigenvalue weighted by Crippen LogP contribution is 2.26. The molecule has 3 heteroatoms. The summed E-state index contributed by atoms with van der Waals surface area (Å²) in [6.45, 7) is 4.18. The minimum atomic E-state index is -0.150. The van der Waals surface area contributed by atoms with Gasteiger partial charge in [-0.2, -0.15) is 0 Å². The first kappa shape index (κ1) is 13.6. The van der Waals surface area contributed by atoms with Crippen molar-refractivity contribution in [2.45, 2.75) is 32.6 Å². The summed E-state index contributed by atoms with van der Waals surface area (Å²) in [5.74, 6) is 1.06. The Balaban J connectivity index is 2.68. The predicted molar refractivity (Wildman–Crippen MR) is 67.4 cm³/mol. The molecule has 1 rings (SSSR count). The van der Waals surface area contributed by atoms with Gasteiger partial charge in [-0.25, -0.2) is 0 Å². The molecular weight excluding hydrogens is 216 g/mol. The Hall–Kier alpha value is -1.51. The average Bonchev–Trinajstić information content (AvgIpc) is 2.35. The Morgan fingerprint density at radius 1 is 1.35 bits per heavy atom. The van der Waals surface area contributed by atoms with Crippen molar-refractivity contribution >= 4 is 5.97 Å². The molecule has 0 bridgehead atoms. The molecule has 0 fully saturated rings. The Morgan fingerprint density at radius 3 is 2.59 bits per heavy atom. The summed E-state index contributed by atoms with van der Waals surface area (Å²) in [5, 5.41) is 0. The van der Waals surface area contributed by atoms with E-state index >= 15 is 0 Å². The molecule has 0 spiro atoms. The largest absolute Gasteiger partial charge is 0.497 e. The van der Waals surface area contributed by atoms with Crippen LogP contribution >= 0.6 is 0 Å². The molecule has 0 N–H and O–H groups in total. The number of esters is 1. The molecule has 1 aromatic carbocycles. The standard InChI is InChI=1S/C14H20O3/c1-10(5-8-14(15)17-4)13-7-6-12(16-3)9-11(13)2/h6-7,9-10H,5,8H2,1-4H3/t10-/m0/s1. The fraction of sp³-hybridized carbons (Fsp3) is 0.500. The van der Waals surface area contributed by atoms with Crippen LogP contribution in [0.25, 0.3) is 0 Å². The van der Waals surface area contributed by atoms with E-state index in [1.807, 2.05) is 12.1 Å². The maximum atomic E-state index is 11.1. The predicted octanol–water partition coefficient (Wildman–Crippen LogP) is 3.06. The molecular formula is C14H20O3. The number of carbonyl (C=O) groups is 1. The van der Waals surface area contributed by atoms with Gasteiger partial charge in [0.25, 0.3) is 0 Å². The number of methoxy groups -OCH3 is 2. The molecule has 0 amide bonds. The van der Waals surface area contributed by atoms with Gasteiger partial charge in [0.15, 0.2) is 0 Å². The number of hydrogen-bond acceptors (Lipinski definition) is 3. The second-order valence-electron chi connectivity index (χ2n) is 4.24. The second kappa shape index (κ2) is 6.28. The molecule has 0 unspecified atom stereocenters. The van der Waals surface area contributed by atoms with Gasteiger partial charge in [-0.05, 0) is 42.5 Å². The van der Waals surface area contributed by atoms with Gasteiger partial charge < -0.3 is 9.47 Å². The van der Waals surface area contributed by atoms with E-state index in [0.717, 1.165) is 12.2 Å². The fourth-order valence-corrected chi connectivity index (χ4v) is 1.92. The second-order valence-corrected chi connectivity index (χ2v) is 4.24. The zero-order valence-electron chi connectivity index (χ0n) is 10.9. The minimum absolute atomic E-state index is 0.150. The van der Waals surface area contributed by atoms with Gasteiger partial charge in [0.1, 0.15) is 5.75 Å². The summed E-state index contributed by atoms with van der Waals surface area (Å²) < 4.78 is 9.82. The van der Waals surface area contributed by atoms with Crippen LogP contribution in [0.15, 0.2) is 18.2 Å². The third-order valence-electron chi connectivity index (χ3n) is 3.02. The van der Waals surface area contributed by atoms with Gasteiger partial charge in [-0.1, -0.05) is 13.0 Å². The Kier molecular flexibility index (Phi) is 5.01. The van der Waals surface area contributed by atoms with E-state index in [0.29, 0.717) is 12.3 Å². The van der Waals surface area contributed by atoms with Gasteiger partial charge in [-0.3, -0.25) is 4.79 Å².